The molecule has 3 aromatic carbocycles. The largest absolute Gasteiger partial charge is 0.348 e. The van der Waals surface area contributed by atoms with Crippen molar-refractivity contribution in [3.05, 3.63) is 113 Å². The van der Waals surface area contributed by atoms with Crippen LogP contribution < -0.4 is 10.0 Å². The first-order valence-electron chi connectivity index (χ1n) is 10.1. The average molecular weight is 481 g/mol. The molecule has 0 aliphatic rings. The van der Waals surface area contributed by atoms with E-state index < -0.39 is 15.9 Å². The summed E-state index contributed by atoms with van der Waals surface area (Å²) in [5.74, 6) is -0.401. The predicted molar refractivity (Wildman–Crippen MR) is 127 cm³/mol. The Bertz CT molecular complexity index is 1340. The van der Waals surface area contributed by atoms with Gasteiger partial charge in [-0.25, -0.2) is 17.8 Å². The van der Waals surface area contributed by atoms with Gasteiger partial charge in [-0.3, -0.25) is 4.79 Å². The van der Waals surface area contributed by atoms with Crippen molar-refractivity contribution in [2.24, 2.45) is 0 Å². The molecule has 1 aromatic heterocycles. The molecule has 33 heavy (non-hydrogen) atoms. The Hall–Kier alpha value is -3.46. The van der Waals surface area contributed by atoms with Crippen LogP contribution in [0.1, 0.15) is 21.5 Å². The fourth-order valence-electron chi connectivity index (χ4n) is 3.17. The molecule has 0 fully saturated rings. The number of rotatable bonds is 8. The molecule has 4 aromatic rings. The molecule has 0 atom stereocenters. The number of amides is 1. The molecule has 2 N–H and O–H groups in total. The van der Waals surface area contributed by atoms with Crippen molar-refractivity contribution in [3.63, 3.8) is 0 Å². The second-order valence-electron chi connectivity index (χ2n) is 7.26. The molecule has 0 radical (unpaired) electrons. The number of hydrogen-bond donors (Lipinski definition) is 2. The second kappa shape index (κ2) is 9.99. The monoisotopic (exact) mass is 480 g/mol. The van der Waals surface area contributed by atoms with Crippen molar-refractivity contribution in [1.29, 1.82) is 0 Å². The van der Waals surface area contributed by atoms with Crippen molar-refractivity contribution in [3.8, 4) is 5.69 Å². The average Bonchev–Trinajstić information content (AvgIpc) is 3.37. The summed E-state index contributed by atoms with van der Waals surface area (Å²) in [5.41, 5.74) is 2.81. The quantitative estimate of drug-likeness (QED) is 0.399. The Balaban J connectivity index is 1.42. The van der Waals surface area contributed by atoms with Gasteiger partial charge in [-0.05, 0) is 47.5 Å². The maximum absolute atomic E-state index is 12.8. The first-order valence-corrected chi connectivity index (χ1v) is 12.0. The van der Waals surface area contributed by atoms with Crippen LogP contribution in [0.5, 0.6) is 0 Å². The molecule has 0 aliphatic heterocycles. The highest BCUT2D eigenvalue weighted by Gasteiger charge is 2.20. The molecule has 9 heteroatoms. The number of sulfonamides is 1. The van der Waals surface area contributed by atoms with Gasteiger partial charge >= 0.3 is 0 Å². The molecule has 0 bridgehead atoms. The Morgan fingerprint density at radius 2 is 1.64 bits per heavy atom. The van der Waals surface area contributed by atoms with Crippen molar-refractivity contribution in [1.82, 2.24) is 19.8 Å². The smallest absolute Gasteiger partial charge is 0.251 e. The third-order valence-electron chi connectivity index (χ3n) is 4.95. The Morgan fingerprint density at radius 1 is 0.909 bits per heavy atom. The van der Waals surface area contributed by atoms with Gasteiger partial charge in [0.1, 0.15) is 4.90 Å². The van der Waals surface area contributed by atoms with Crippen molar-refractivity contribution in [2.45, 2.75) is 18.0 Å². The minimum atomic E-state index is -3.91. The van der Waals surface area contributed by atoms with E-state index in [2.05, 4.69) is 15.1 Å². The first-order chi connectivity index (χ1) is 15.9. The molecule has 1 amide bonds. The van der Waals surface area contributed by atoms with E-state index in [0.29, 0.717) is 0 Å². The summed E-state index contributed by atoms with van der Waals surface area (Å²) in [5, 5.41) is 7.03. The number of benzene rings is 3. The van der Waals surface area contributed by atoms with Crippen LogP contribution >= 0.6 is 11.6 Å². The Labute approximate surface area is 197 Å². The van der Waals surface area contributed by atoms with Crippen LogP contribution in [-0.4, -0.2) is 24.1 Å². The minimum absolute atomic E-state index is 0.0429. The lowest BCUT2D eigenvalue weighted by atomic mass is 10.2. The molecular formula is C24H21ClN4O3S. The lowest BCUT2D eigenvalue weighted by molar-refractivity contribution is 0.0950. The van der Waals surface area contributed by atoms with Gasteiger partial charge in [-0.2, -0.15) is 5.10 Å². The first kappa shape index (κ1) is 22.7. The van der Waals surface area contributed by atoms with E-state index in [9.17, 15) is 13.2 Å². The van der Waals surface area contributed by atoms with E-state index in [1.807, 2.05) is 66.9 Å². The number of hydrogen-bond acceptors (Lipinski definition) is 4. The van der Waals surface area contributed by atoms with Gasteiger partial charge in [0.25, 0.3) is 5.91 Å². The molecule has 168 valence electrons. The summed E-state index contributed by atoms with van der Waals surface area (Å²) in [6.45, 7) is 0.402. The number of aromatic nitrogens is 2. The van der Waals surface area contributed by atoms with Gasteiger partial charge in [0.05, 0.1) is 10.7 Å². The summed E-state index contributed by atoms with van der Waals surface area (Å²) in [7, 11) is -3.91. The normalized spacial score (nSPS) is 11.3. The molecule has 4 rings (SSSR count). The van der Waals surface area contributed by atoms with Crippen LogP contribution in [0.15, 0.2) is 96.2 Å². The summed E-state index contributed by atoms with van der Waals surface area (Å²) in [4.78, 5) is 12.5. The maximum atomic E-state index is 12.8. The maximum Gasteiger partial charge on any atom is 0.251 e. The highest BCUT2D eigenvalue weighted by Crippen LogP contribution is 2.23. The van der Waals surface area contributed by atoms with Crippen LogP contribution in [-0.2, 0) is 23.1 Å². The van der Waals surface area contributed by atoms with Gasteiger partial charge in [0.15, 0.2) is 0 Å². The predicted octanol–water partition coefficient (Wildman–Crippen LogP) is 3.93. The lowest BCUT2D eigenvalue weighted by Crippen LogP contribution is -2.25. The standard InChI is InChI=1S/C24H21ClN4O3S/c25-22-12-9-20(15-23(22)33(31,32)28-17-18-5-2-1-3-6-18)24(30)26-16-19-7-10-21(11-8-19)29-14-4-13-27-29/h1-15,28H,16-17H2,(H,26,30). The zero-order valence-electron chi connectivity index (χ0n) is 17.5. The fourth-order valence-corrected chi connectivity index (χ4v) is 4.72. The molecule has 1 heterocycles. The molecule has 0 saturated carbocycles. The highest BCUT2D eigenvalue weighted by atomic mass is 35.5. The summed E-state index contributed by atoms with van der Waals surface area (Å²) >= 11 is 6.14. The topological polar surface area (TPSA) is 93.1 Å². The molecule has 0 aliphatic carbocycles. The SMILES string of the molecule is O=C(NCc1ccc(-n2cccn2)cc1)c1ccc(Cl)c(S(=O)(=O)NCc2ccccc2)c1. The third-order valence-corrected chi connectivity index (χ3v) is 6.83. The number of nitrogens with one attached hydrogen (secondary N) is 2. The van der Waals surface area contributed by atoms with Crippen molar-refractivity contribution < 1.29 is 13.2 Å². The number of nitrogens with zero attached hydrogens (tertiary/aromatic N) is 2. The summed E-state index contributed by atoms with van der Waals surface area (Å²) in [6, 6.07) is 22.7. The van der Waals surface area contributed by atoms with Crippen LogP contribution in [0, 0.1) is 0 Å². The zero-order valence-corrected chi connectivity index (χ0v) is 19.1. The van der Waals surface area contributed by atoms with Crippen molar-refractivity contribution >= 4 is 27.5 Å². The summed E-state index contributed by atoms with van der Waals surface area (Å²) < 4.78 is 29.8. The fraction of sp³-hybridized carbons (Fsp3) is 0.0833. The number of carbonyl (C=O) groups excluding carboxylic acids is 1. The molecule has 0 spiro atoms. The van der Waals surface area contributed by atoms with Crippen LogP contribution in [0.25, 0.3) is 5.69 Å². The number of halogens is 1. The minimum Gasteiger partial charge on any atom is -0.348 e. The van der Waals surface area contributed by atoms with E-state index in [0.717, 1.165) is 16.8 Å². The molecular weight excluding hydrogens is 460 g/mol. The Morgan fingerprint density at radius 3 is 2.33 bits per heavy atom. The van der Waals surface area contributed by atoms with E-state index >= 15 is 0 Å². The van der Waals surface area contributed by atoms with Crippen molar-refractivity contribution in [2.75, 3.05) is 0 Å². The lowest BCUT2D eigenvalue weighted by Gasteiger charge is -2.11. The summed E-state index contributed by atoms with van der Waals surface area (Å²) in [6.07, 6.45) is 3.55. The van der Waals surface area contributed by atoms with Gasteiger partial charge < -0.3 is 5.32 Å². The van der Waals surface area contributed by atoms with E-state index in [-0.39, 0.29) is 28.6 Å². The van der Waals surface area contributed by atoms with Crippen LogP contribution in [0.4, 0.5) is 0 Å². The van der Waals surface area contributed by atoms with Gasteiger partial charge in [0.2, 0.25) is 10.0 Å². The second-order valence-corrected chi connectivity index (χ2v) is 9.40. The van der Waals surface area contributed by atoms with E-state index in [1.54, 1.807) is 10.9 Å². The third kappa shape index (κ3) is 5.67. The zero-order chi connectivity index (χ0) is 23.3. The molecule has 0 saturated heterocycles. The van der Waals surface area contributed by atoms with Gasteiger partial charge in [-0.1, -0.05) is 54.1 Å². The van der Waals surface area contributed by atoms with Gasteiger partial charge in [-0.15, -0.1) is 0 Å². The van der Waals surface area contributed by atoms with Gasteiger partial charge in [0, 0.05) is 31.0 Å². The van der Waals surface area contributed by atoms with Crippen LogP contribution in [0.2, 0.25) is 5.02 Å². The van der Waals surface area contributed by atoms with E-state index in [4.69, 9.17) is 11.6 Å². The highest BCUT2D eigenvalue weighted by molar-refractivity contribution is 7.89. The van der Waals surface area contributed by atoms with Crippen LogP contribution in [0.3, 0.4) is 0 Å². The Kier molecular flexibility index (Phi) is 6.88. The number of carbonyl (C=O) groups is 1. The molecule has 7 nitrogen and oxygen atoms in total. The molecule has 0 unspecified atom stereocenters. The van der Waals surface area contributed by atoms with E-state index in [1.165, 1.54) is 18.2 Å².